The predicted molar refractivity (Wildman–Crippen MR) is 65.2 cm³/mol. The Kier molecular flexibility index (Phi) is 2.96. The van der Waals surface area contributed by atoms with Gasteiger partial charge in [-0.05, 0) is 49.7 Å². The Bertz CT molecular complexity index is 326. The number of aryl methyl sites for hydroxylation is 2. The smallest absolute Gasteiger partial charge is 0.0103 e. The van der Waals surface area contributed by atoms with Gasteiger partial charge in [0, 0.05) is 5.33 Å². The standard InChI is InChI=1S/C13H17Br/c1-9-3-6-12(10(2)7-9)13(8-14)11-4-5-11/h3,6-7,11,13H,4-5,8H2,1-2H3. The van der Waals surface area contributed by atoms with Gasteiger partial charge in [-0.25, -0.2) is 0 Å². The Balaban J connectivity index is 2.29. The zero-order valence-corrected chi connectivity index (χ0v) is 10.5. The Labute approximate surface area is 94.8 Å². The van der Waals surface area contributed by atoms with Crippen molar-refractivity contribution >= 4 is 15.9 Å². The van der Waals surface area contributed by atoms with Crippen LogP contribution in [-0.4, -0.2) is 5.33 Å². The molecule has 1 heteroatoms. The van der Waals surface area contributed by atoms with Gasteiger partial charge in [0.2, 0.25) is 0 Å². The van der Waals surface area contributed by atoms with Gasteiger partial charge in [-0.2, -0.15) is 0 Å². The highest BCUT2D eigenvalue weighted by Crippen LogP contribution is 2.44. The fourth-order valence-corrected chi connectivity index (χ4v) is 3.08. The molecular formula is C13H17Br. The van der Waals surface area contributed by atoms with E-state index in [1.165, 1.54) is 24.0 Å². The Morgan fingerprint density at radius 3 is 2.57 bits per heavy atom. The fraction of sp³-hybridized carbons (Fsp3) is 0.538. The van der Waals surface area contributed by atoms with Crippen LogP contribution in [0.25, 0.3) is 0 Å². The van der Waals surface area contributed by atoms with Gasteiger partial charge in [0.05, 0.1) is 0 Å². The molecule has 2 rings (SSSR count). The Morgan fingerprint density at radius 1 is 1.36 bits per heavy atom. The van der Waals surface area contributed by atoms with E-state index in [1.54, 1.807) is 5.56 Å². The van der Waals surface area contributed by atoms with Crippen molar-refractivity contribution in [2.45, 2.75) is 32.6 Å². The number of hydrogen-bond donors (Lipinski definition) is 0. The van der Waals surface area contributed by atoms with Crippen LogP contribution in [0.4, 0.5) is 0 Å². The van der Waals surface area contributed by atoms with E-state index in [9.17, 15) is 0 Å². The SMILES string of the molecule is Cc1ccc(C(CBr)C2CC2)c(C)c1. The van der Waals surface area contributed by atoms with Gasteiger partial charge in [0.25, 0.3) is 0 Å². The third-order valence-corrected chi connectivity index (χ3v) is 3.88. The van der Waals surface area contributed by atoms with E-state index >= 15 is 0 Å². The molecule has 1 aromatic rings. The van der Waals surface area contributed by atoms with E-state index in [0.29, 0.717) is 0 Å². The van der Waals surface area contributed by atoms with Crippen LogP contribution in [-0.2, 0) is 0 Å². The fourth-order valence-electron chi connectivity index (χ4n) is 2.20. The van der Waals surface area contributed by atoms with Crippen molar-refractivity contribution in [1.29, 1.82) is 0 Å². The Hall–Kier alpha value is -0.300. The summed E-state index contributed by atoms with van der Waals surface area (Å²) in [5.41, 5.74) is 4.38. The molecule has 0 heterocycles. The molecule has 0 saturated heterocycles. The lowest BCUT2D eigenvalue weighted by Gasteiger charge is -2.16. The normalized spacial score (nSPS) is 18.2. The average Bonchev–Trinajstić information content (AvgIpc) is 2.93. The van der Waals surface area contributed by atoms with Gasteiger partial charge in [-0.1, -0.05) is 39.7 Å². The van der Waals surface area contributed by atoms with Crippen molar-refractivity contribution in [1.82, 2.24) is 0 Å². The second-order valence-electron chi connectivity index (χ2n) is 4.46. The summed E-state index contributed by atoms with van der Waals surface area (Å²) in [5.74, 6) is 1.69. The molecule has 0 aromatic heterocycles. The topological polar surface area (TPSA) is 0 Å². The van der Waals surface area contributed by atoms with Crippen LogP contribution in [0.15, 0.2) is 18.2 Å². The minimum atomic E-state index is 0.746. The van der Waals surface area contributed by atoms with Crippen LogP contribution >= 0.6 is 15.9 Å². The molecule has 1 aliphatic carbocycles. The van der Waals surface area contributed by atoms with Crippen molar-refractivity contribution in [3.05, 3.63) is 34.9 Å². The highest BCUT2D eigenvalue weighted by atomic mass is 79.9. The highest BCUT2D eigenvalue weighted by Gasteiger charge is 2.31. The summed E-state index contributed by atoms with van der Waals surface area (Å²) in [7, 11) is 0. The van der Waals surface area contributed by atoms with E-state index in [4.69, 9.17) is 0 Å². The second kappa shape index (κ2) is 4.06. The quantitative estimate of drug-likeness (QED) is 0.708. The molecule has 0 N–H and O–H groups in total. The molecule has 0 radical (unpaired) electrons. The largest absolute Gasteiger partial charge is 0.0921 e. The molecule has 1 unspecified atom stereocenters. The summed E-state index contributed by atoms with van der Waals surface area (Å²) in [6, 6.07) is 6.85. The van der Waals surface area contributed by atoms with Gasteiger partial charge in [-0.3, -0.25) is 0 Å². The highest BCUT2D eigenvalue weighted by molar-refractivity contribution is 9.09. The minimum absolute atomic E-state index is 0.746. The van der Waals surface area contributed by atoms with E-state index in [0.717, 1.165) is 17.2 Å². The van der Waals surface area contributed by atoms with Crippen molar-refractivity contribution < 1.29 is 0 Å². The lowest BCUT2D eigenvalue weighted by Crippen LogP contribution is -2.04. The molecule has 0 spiro atoms. The molecule has 0 nitrogen and oxygen atoms in total. The first kappa shape index (κ1) is 10.2. The lowest BCUT2D eigenvalue weighted by atomic mass is 9.91. The third kappa shape index (κ3) is 2.03. The average molecular weight is 253 g/mol. The number of halogens is 1. The maximum absolute atomic E-state index is 3.65. The lowest BCUT2D eigenvalue weighted by molar-refractivity contribution is 0.673. The molecule has 1 aromatic carbocycles. The van der Waals surface area contributed by atoms with Crippen LogP contribution in [0.1, 0.15) is 35.4 Å². The third-order valence-electron chi connectivity index (χ3n) is 3.18. The molecule has 0 bridgehead atoms. The van der Waals surface area contributed by atoms with Crippen molar-refractivity contribution in [2.24, 2.45) is 5.92 Å². The van der Waals surface area contributed by atoms with Crippen LogP contribution in [0.3, 0.4) is 0 Å². The number of hydrogen-bond acceptors (Lipinski definition) is 0. The molecule has 1 atom stereocenters. The Morgan fingerprint density at radius 2 is 2.07 bits per heavy atom. The van der Waals surface area contributed by atoms with Crippen molar-refractivity contribution in [3.8, 4) is 0 Å². The first-order valence-electron chi connectivity index (χ1n) is 5.35. The summed E-state index contributed by atoms with van der Waals surface area (Å²) in [5, 5.41) is 1.11. The van der Waals surface area contributed by atoms with E-state index < -0.39 is 0 Å². The van der Waals surface area contributed by atoms with Gasteiger partial charge in [0.1, 0.15) is 0 Å². The van der Waals surface area contributed by atoms with Crippen molar-refractivity contribution in [2.75, 3.05) is 5.33 Å². The summed E-state index contributed by atoms with van der Waals surface area (Å²) >= 11 is 3.65. The van der Waals surface area contributed by atoms with Crippen LogP contribution in [0.5, 0.6) is 0 Å². The monoisotopic (exact) mass is 252 g/mol. The summed E-state index contributed by atoms with van der Waals surface area (Å²) < 4.78 is 0. The van der Waals surface area contributed by atoms with Gasteiger partial charge < -0.3 is 0 Å². The maximum Gasteiger partial charge on any atom is 0.0103 e. The molecule has 76 valence electrons. The molecule has 1 saturated carbocycles. The van der Waals surface area contributed by atoms with Gasteiger partial charge >= 0.3 is 0 Å². The maximum atomic E-state index is 3.65. The van der Waals surface area contributed by atoms with Crippen LogP contribution < -0.4 is 0 Å². The molecule has 1 aliphatic rings. The van der Waals surface area contributed by atoms with E-state index in [1.807, 2.05) is 0 Å². The number of benzene rings is 1. The van der Waals surface area contributed by atoms with Crippen LogP contribution in [0.2, 0.25) is 0 Å². The summed E-state index contributed by atoms with van der Waals surface area (Å²) in [6.07, 6.45) is 2.84. The molecule has 0 amide bonds. The molecular weight excluding hydrogens is 236 g/mol. The summed E-state index contributed by atoms with van der Waals surface area (Å²) in [6.45, 7) is 4.40. The first-order chi connectivity index (χ1) is 6.72. The predicted octanol–water partition coefficient (Wildman–Crippen LogP) is 4.19. The number of alkyl halides is 1. The van der Waals surface area contributed by atoms with E-state index in [2.05, 4.69) is 48.0 Å². The van der Waals surface area contributed by atoms with E-state index in [-0.39, 0.29) is 0 Å². The molecule has 14 heavy (non-hydrogen) atoms. The molecule has 0 aliphatic heterocycles. The second-order valence-corrected chi connectivity index (χ2v) is 5.11. The number of rotatable bonds is 3. The van der Waals surface area contributed by atoms with Crippen molar-refractivity contribution in [3.63, 3.8) is 0 Å². The zero-order valence-electron chi connectivity index (χ0n) is 8.89. The van der Waals surface area contributed by atoms with Gasteiger partial charge in [0.15, 0.2) is 0 Å². The summed E-state index contributed by atoms with van der Waals surface area (Å²) in [4.78, 5) is 0. The minimum Gasteiger partial charge on any atom is -0.0921 e. The van der Waals surface area contributed by atoms with Gasteiger partial charge in [-0.15, -0.1) is 0 Å². The van der Waals surface area contributed by atoms with Crippen LogP contribution in [0, 0.1) is 19.8 Å². The zero-order chi connectivity index (χ0) is 10.1. The first-order valence-corrected chi connectivity index (χ1v) is 6.47. The molecule has 1 fully saturated rings.